The van der Waals surface area contributed by atoms with E-state index in [1.165, 1.54) is 6.08 Å². The number of nitrogens with zero attached hydrogens (tertiary/aromatic N) is 1. The van der Waals surface area contributed by atoms with E-state index in [9.17, 15) is 4.39 Å². The molecule has 2 heteroatoms. The Hall–Kier alpha value is -0.370. The molecule has 0 aromatic rings. The summed E-state index contributed by atoms with van der Waals surface area (Å²) in [7, 11) is 0. The molecular formula is C11H20FN. The highest BCUT2D eigenvalue weighted by molar-refractivity contribution is 4.98. The molecule has 1 unspecified atom stereocenters. The Balaban J connectivity index is 2.53. The quantitative estimate of drug-likeness (QED) is 0.598. The molecule has 0 saturated carbocycles. The van der Waals surface area contributed by atoms with Crippen molar-refractivity contribution >= 4 is 0 Å². The van der Waals surface area contributed by atoms with Crippen molar-refractivity contribution < 1.29 is 4.39 Å². The topological polar surface area (TPSA) is 3.24 Å². The molecule has 76 valence electrons. The van der Waals surface area contributed by atoms with Crippen LogP contribution in [0.3, 0.4) is 0 Å². The summed E-state index contributed by atoms with van der Waals surface area (Å²) in [5, 5.41) is 0. The minimum atomic E-state index is -1.11. The SMILES string of the molecule is C=CC1(F)CCCN(C(C)C)CC1. The molecule has 0 radical (unpaired) electrons. The third-order valence-corrected chi connectivity index (χ3v) is 2.95. The molecule has 0 N–H and O–H groups in total. The van der Waals surface area contributed by atoms with Gasteiger partial charge in [-0.2, -0.15) is 0 Å². The lowest BCUT2D eigenvalue weighted by Gasteiger charge is -2.24. The van der Waals surface area contributed by atoms with E-state index in [1.54, 1.807) is 0 Å². The molecule has 1 aliphatic rings. The summed E-state index contributed by atoms with van der Waals surface area (Å²) in [5.41, 5.74) is -1.11. The van der Waals surface area contributed by atoms with Crippen LogP contribution in [-0.2, 0) is 0 Å². The summed E-state index contributed by atoms with van der Waals surface area (Å²) in [6.45, 7) is 9.79. The minimum absolute atomic E-state index is 0.534. The molecule has 0 aromatic heterocycles. The molecule has 0 aromatic carbocycles. The first kappa shape index (κ1) is 10.7. The van der Waals surface area contributed by atoms with Crippen molar-refractivity contribution in [3.8, 4) is 0 Å². The van der Waals surface area contributed by atoms with Crippen LogP contribution in [0.5, 0.6) is 0 Å². The number of rotatable bonds is 2. The van der Waals surface area contributed by atoms with Crippen LogP contribution in [0, 0.1) is 0 Å². The maximum absolute atomic E-state index is 13.9. The van der Waals surface area contributed by atoms with Gasteiger partial charge in [0.2, 0.25) is 0 Å². The molecule has 1 nitrogen and oxygen atoms in total. The van der Waals surface area contributed by atoms with Gasteiger partial charge in [-0.25, -0.2) is 4.39 Å². The maximum Gasteiger partial charge on any atom is 0.130 e. The second kappa shape index (κ2) is 4.23. The molecule has 1 aliphatic heterocycles. The third kappa shape index (κ3) is 2.80. The number of alkyl halides is 1. The van der Waals surface area contributed by atoms with Gasteiger partial charge in [0.15, 0.2) is 0 Å². The Kier molecular flexibility index (Phi) is 3.48. The van der Waals surface area contributed by atoms with Crippen molar-refractivity contribution in [2.75, 3.05) is 13.1 Å². The lowest BCUT2D eigenvalue weighted by Crippen LogP contribution is -2.32. The van der Waals surface area contributed by atoms with E-state index < -0.39 is 5.67 Å². The summed E-state index contributed by atoms with van der Waals surface area (Å²) in [6.07, 6.45) is 3.67. The van der Waals surface area contributed by atoms with Crippen molar-refractivity contribution in [1.82, 2.24) is 4.90 Å². The van der Waals surface area contributed by atoms with Crippen LogP contribution in [0.25, 0.3) is 0 Å². The zero-order valence-corrected chi connectivity index (χ0v) is 8.72. The second-order valence-electron chi connectivity index (χ2n) is 4.22. The minimum Gasteiger partial charge on any atom is -0.301 e. The molecule has 1 saturated heterocycles. The van der Waals surface area contributed by atoms with Gasteiger partial charge in [-0.15, -0.1) is 0 Å². The van der Waals surface area contributed by atoms with Crippen molar-refractivity contribution in [3.63, 3.8) is 0 Å². The lowest BCUT2D eigenvalue weighted by atomic mass is 9.97. The average Bonchev–Trinajstić information content (AvgIpc) is 2.28. The fourth-order valence-electron chi connectivity index (χ4n) is 1.86. The maximum atomic E-state index is 13.9. The summed E-state index contributed by atoms with van der Waals surface area (Å²) in [5.74, 6) is 0. The summed E-state index contributed by atoms with van der Waals surface area (Å²) in [6, 6.07) is 0.534. The number of likely N-dealkylation sites (tertiary alicyclic amines) is 1. The Morgan fingerprint density at radius 2 is 2.08 bits per heavy atom. The van der Waals surface area contributed by atoms with E-state index in [4.69, 9.17) is 0 Å². The molecule has 1 rings (SSSR count). The second-order valence-corrected chi connectivity index (χ2v) is 4.22. The molecule has 0 spiro atoms. The number of hydrogen-bond donors (Lipinski definition) is 0. The first-order valence-corrected chi connectivity index (χ1v) is 5.14. The average molecular weight is 185 g/mol. The first-order chi connectivity index (χ1) is 6.07. The van der Waals surface area contributed by atoms with E-state index in [1.807, 2.05) is 0 Å². The van der Waals surface area contributed by atoms with Gasteiger partial charge < -0.3 is 4.90 Å². The van der Waals surface area contributed by atoms with E-state index >= 15 is 0 Å². The van der Waals surface area contributed by atoms with Gasteiger partial charge in [0, 0.05) is 12.6 Å². The number of halogens is 1. The molecule has 1 fully saturated rings. The van der Waals surface area contributed by atoms with E-state index in [-0.39, 0.29) is 0 Å². The van der Waals surface area contributed by atoms with Crippen LogP contribution in [0.2, 0.25) is 0 Å². The fourth-order valence-corrected chi connectivity index (χ4v) is 1.86. The summed E-state index contributed by atoms with van der Waals surface area (Å²) < 4.78 is 13.9. The Labute approximate surface area is 80.6 Å². The summed E-state index contributed by atoms with van der Waals surface area (Å²) in [4.78, 5) is 2.34. The van der Waals surface area contributed by atoms with Crippen LogP contribution < -0.4 is 0 Å². The highest BCUT2D eigenvalue weighted by Crippen LogP contribution is 2.27. The highest BCUT2D eigenvalue weighted by atomic mass is 19.1. The van der Waals surface area contributed by atoms with Crippen LogP contribution in [0.1, 0.15) is 33.1 Å². The van der Waals surface area contributed by atoms with Gasteiger partial charge in [-0.1, -0.05) is 12.7 Å². The molecule has 1 heterocycles. The molecule has 1 atom stereocenters. The van der Waals surface area contributed by atoms with Gasteiger partial charge in [0.25, 0.3) is 0 Å². The van der Waals surface area contributed by atoms with Crippen molar-refractivity contribution in [3.05, 3.63) is 12.7 Å². The summed E-state index contributed by atoms with van der Waals surface area (Å²) >= 11 is 0. The van der Waals surface area contributed by atoms with Crippen LogP contribution in [0.4, 0.5) is 4.39 Å². The van der Waals surface area contributed by atoms with Gasteiger partial charge in [0.05, 0.1) is 0 Å². The molecule has 0 bridgehead atoms. The van der Waals surface area contributed by atoms with Crippen molar-refractivity contribution in [2.24, 2.45) is 0 Å². The van der Waals surface area contributed by atoms with Crippen molar-refractivity contribution in [2.45, 2.75) is 44.8 Å². The number of hydrogen-bond acceptors (Lipinski definition) is 1. The predicted molar refractivity (Wildman–Crippen MR) is 54.6 cm³/mol. The predicted octanol–water partition coefficient (Wildman–Crippen LogP) is 2.78. The highest BCUT2D eigenvalue weighted by Gasteiger charge is 2.29. The first-order valence-electron chi connectivity index (χ1n) is 5.14. The van der Waals surface area contributed by atoms with Crippen LogP contribution in [0.15, 0.2) is 12.7 Å². The van der Waals surface area contributed by atoms with Gasteiger partial charge in [-0.3, -0.25) is 0 Å². The zero-order valence-electron chi connectivity index (χ0n) is 8.72. The van der Waals surface area contributed by atoms with E-state index in [0.717, 1.165) is 19.5 Å². The van der Waals surface area contributed by atoms with Crippen LogP contribution in [-0.4, -0.2) is 29.7 Å². The van der Waals surface area contributed by atoms with Gasteiger partial charge >= 0.3 is 0 Å². The lowest BCUT2D eigenvalue weighted by molar-refractivity contribution is 0.185. The van der Waals surface area contributed by atoms with Gasteiger partial charge in [-0.05, 0) is 39.7 Å². The molecule has 0 amide bonds. The Morgan fingerprint density at radius 1 is 1.38 bits per heavy atom. The Morgan fingerprint density at radius 3 is 2.62 bits per heavy atom. The van der Waals surface area contributed by atoms with Crippen molar-refractivity contribution in [1.29, 1.82) is 0 Å². The number of allylic oxidation sites excluding steroid dienone is 1. The third-order valence-electron chi connectivity index (χ3n) is 2.95. The smallest absolute Gasteiger partial charge is 0.130 e. The van der Waals surface area contributed by atoms with Gasteiger partial charge in [0.1, 0.15) is 5.67 Å². The molecule has 13 heavy (non-hydrogen) atoms. The molecule has 0 aliphatic carbocycles. The van der Waals surface area contributed by atoms with Crippen LogP contribution >= 0.6 is 0 Å². The standard InChI is InChI=1S/C11H20FN/c1-4-11(12)6-5-8-13(9-7-11)10(2)3/h4,10H,1,5-9H2,2-3H3. The zero-order chi connectivity index (χ0) is 9.90. The molecular weight excluding hydrogens is 165 g/mol. The largest absolute Gasteiger partial charge is 0.301 e. The van der Waals surface area contributed by atoms with E-state index in [2.05, 4.69) is 25.3 Å². The van der Waals surface area contributed by atoms with E-state index in [0.29, 0.717) is 18.9 Å². The normalized spacial score (nSPS) is 31.7. The Bertz CT molecular complexity index is 179. The fraction of sp³-hybridized carbons (Fsp3) is 0.818. The monoisotopic (exact) mass is 185 g/mol.